The van der Waals surface area contributed by atoms with Gasteiger partial charge in [-0.15, -0.1) is 0 Å². The third kappa shape index (κ3) is 4.15. The SMILES string of the molecule is Nc1cc(Cc2cccc(-c3cnn(Cc4ccccc4)c3)c2)cc(N)n1. The van der Waals surface area contributed by atoms with Crippen LogP contribution >= 0.6 is 0 Å². The van der Waals surface area contributed by atoms with Crippen LogP contribution in [-0.2, 0) is 13.0 Å². The Morgan fingerprint density at radius 3 is 2.26 bits per heavy atom. The molecule has 134 valence electrons. The first-order valence-corrected chi connectivity index (χ1v) is 8.83. The Morgan fingerprint density at radius 1 is 0.741 bits per heavy atom. The fourth-order valence-electron chi connectivity index (χ4n) is 3.20. The van der Waals surface area contributed by atoms with Crippen LogP contribution < -0.4 is 11.5 Å². The third-order valence-corrected chi connectivity index (χ3v) is 4.41. The normalized spacial score (nSPS) is 10.8. The Kier molecular flexibility index (Phi) is 4.58. The van der Waals surface area contributed by atoms with Crippen LogP contribution in [0.3, 0.4) is 0 Å². The molecule has 0 saturated carbocycles. The van der Waals surface area contributed by atoms with Gasteiger partial charge in [-0.3, -0.25) is 4.68 Å². The molecule has 4 rings (SSSR count). The van der Waals surface area contributed by atoms with Gasteiger partial charge in [0, 0.05) is 11.8 Å². The highest BCUT2D eigenvalue weighted by Gasteiger charge is 2.05. The van der Waals surface area contributed by atoms with Gasteiger partial charge in [0.15, 0.2) is 0 Å². The van der Waals surface area contributed by atoms with Crippen LogP contribution in [0.25, 0.3) is 11.1 Å². The first-order valence-electron chi connectivity index (χ1n) is 8.83. The Bertz CT molecular complexity index is 1030. The van der Waals surface area contributed by atoms with Crippen molar-refractivity contribution in [3.05, 3.63) is 95.8 Å². The van der Waals surface area contributed by atoms with E-state index < -0.39 is 0 Å². The van der Waals surface area contributed by atoms with Crippen molar-refractivity contribution in [3.8, 4) is 11.1 Å². The summed E-state index contributed by atoms with van der Waals surface area (Å²) in [7, 11) is 0. The molecule has 0 aliphatic heterocycles. The predicted molar refractivity (Wildman–Crippen MR) is 109 cm³/mol. The van der Waals surface area contributed by atoms with Crippen molar-refractivity contribution in [1.29, 1.82) is 0 Å². The number of benzene rings is 2. The van der Waals surface area contributed by atoms with E-state index in [1.807, 2.05) is 41.2 Å². The number of nitrogen functional groups attached to an aromatic ring is 2. The number of rotatable bonds is 5. The maximum Gasteiger partial charge on any atom is 0.126 e. The molecule has 27 heavy (non-hydrogen) atoms. The summed E-state index contributed by atoms with van der Waals surface area (Å²) in [6.45, 7) is 0.760. The van der Waals surface area contributed by atoms with E-state index in [1.165, 1.54) is 11.1 Å². The zero-order chi connectivity index (χ0) is 18.6. The molecule has 4 aromatic rings. The first-order chi connectivity index (χ1) is 13.2. The maximum atomic E-state index is 5.80. The standard InChI is InChI=1S/C22H21N5/c23-21-11-18(12-22(24)26-21)9-17-7-4-8-19(10-17)20-13-25-27(15-20)14-16-5-2-1-3-6-16/h1-8,10-13,15H,9,14H2,(H4,23,24,26). The molecule has 0 saturated heterocycles. The van der Waals surface area contributed by atoms with Crippen molar-refractivity contribution < 1.29 is 0 Å². The van der Waals surface area contributed by atoms with Gasteiger partial charge in [0.25, 0.3) is 0 Å². The molecule has 0 bridgehead atoms. The summed E-state index contributed by atoms with van der Waals surface area (Å²) < 4.78 is 1.96. The predicted octanol–water partition coefficient (Wildman–Crippen LogP) is 3.75. The lowest BCUT2D eigenvalue weighted by molar-refractivity contribution is 0.687. The van der Waals surface area contributed by atoms with Crippen molar-refractivity contribution in [2.75, 3.05) is 11.5 Å². The van der Waals surface area contributed by atoms with Crippen LogP contribution in [0.1, 0.15) is 16.7 Å². The van der Waals surface area contributed by atoms with E-state index in [0.29, 0.717) is 11.6 Å². The summed E-state index contributed by atoms with van der Waals surface area (Å²) in [5.74, 6) is 0.895. The molecule has 5 nitrogen and oxygen atoms in total. The summed E-state index contributed by atoms with van der Waals surface area (Å²) in [4.78, 5) is 4.02. The van der Waals surface area contributed by atoms with Gasteiger partial charge in [-0.25, -0.2) is 4.98 Å². The van der Waals surface area contributed by atoms with Crippen LogP contribution in [0.2, 0.25) is 0 Å². The highest BCUT2D eigenvalue weighted by atomic mass is 15.3. The molecule has 0 unspecified atom stereocenters. The fourth-order valence-corrected chi connectivity index (χ4v) is 3.20. The second-order valence-corrected chi connectivity index (χ2v) is 6.61. The molecule has 0 spiro atoms. The molecular formula is C22H21N5. The third-order valence-electron chi connectivity index (χ3n) is 4.41. The number of hydrogen-bond acceptors (Lipinski definition) is 4. The van der Waals surface area contributed by atoms with E-state index in [-0.39, 0.29) is 0 Å². The lowest BCUT2D eigenvalue weighted by atomic mass is 10.0. The van der Waals surface area contributed by atoms with Gasteiger partial charge in [0.05, 0.1) is 12.7 Å². The summed E-state index contributed by atoms with van der Waals surface area (Å²) >= 11 is 0. The van der Waals surface area contributed by atoms with Crippen LogP contribution in [0.15, 0.2) is 79.1 Å². The minimum Gasteiger partial charge on any atom is -0.384 e. The second-order valence-electron chi connectivity index (χ2n) is 6.61. The molecule has 2 aromatic carbocycles. The van der Waals surface area contributed by atoms with E-state index in [0.717, 1.165) is 29.7 Å². The summed E-state index contributed by atoms with van der Waals surface area (Å²) in [6.07, 6.45) is 4.74. The quantitative estimate of drug-likeness (QED) is 0.571. The minimum absolute atomic E-state index is 0.448. The smallest absolute Gasteiger partial charge is 0.126 e. The largest absolute Gasteiger partial charge is 0.384 e. The Labute approximate surface area is 158 Å². The molecule has 2 aromatic heterocycles. The first kappa shape index (κ1) is 16.8. The van der Waals surface area contributed by atoms with Crippen molar-refractivity contribution in [3.63, 3.8) is 0 Å². The molecular weight excluding hydrogens is 334 g/mol. The summed E-state index contributed by atoms with van der Waals surface area (Å²) in [6, 6.07) is 22.5. The fraction of sp³-hybridized carbons (Fsp3) is 0.0909. The maximum absolute atomic E-state index is 5.80. The van der Waals surface area contributed by atoms with E-state index in [4.69, 9.17) is 11.5 Å². The lowest BCUT2D eigenvalue weighted by Gasteiger charge is -2.06. The molecule has 2 heterocycles. The van der Waals surface area contributed by atoms with Crippen LogP contribution in [-0.4, -0.2) is 14.8 Å². The number of nitrogens with zero attached hydrogens (tertiary/aromatic N) is 3. The summed E-state index contributed by atoms with van der Waals surface area (Å²) in [5.41, 5.74) is 17.3. The average molecular weight is 355 g/mol. The van der Waals surface area contributed by atoms with Gasteiger partial charge in [-0.1, -0.05) is 54.6 Å². The number of anilines is 2. The average Bonchev–Trinajstić information content (AvgIpc) is 3.10. The molecule has 0 atom stereocenters. The molecule has 5 heteroatoms. The number of pyridine rings is 1. The Morgan fingerprint density at radius 2 is 1.48 bits per heavy atom. The van der Waals surface area contributed by atoms with E-state index in [9.17, 15) is 0 Å². The Hall–Kier alpha value is -3.60. The van der Waals surface area contributed by atoms with Crippen molar-refractivity contribution in [1.82, 2.24) is 14.8 Å². The van der Waals surface area contributed by atoms with Crippen LogP contribution in [0, 0.1) is 0 Å². The molecule has 0 aliphatic rings. The van der Waals surface area contributed by atoms with Crippen LogP contribution in [0.5, 0.6) is 0 Å². The molecule has 0 amide bonds. The monoisotopic (exact) mass is 355 g/mol. The Balaban J connectivity index is 1.54. The van der Waals surface area contributed by atoms with Crippen molar-refractivity contribution >= 4 is 11.6 Å². The van der Waals surface area contributed by atoms with E-state index >= 15 is 0 Å². The minimum atomic E-state index is 0.448. The highest BCUT2D eigenvalue weighted by Crippen LogP contribution is 2.22. The number of aromatic nitrogens is 3. The van der Waals surface area contributed by atoms with Gasteiger partial charge in [-0.2, -0.15) is 5.10 Å². The number of hydrogen-bond donors (Lipinski definition) is 2. The topological polar surface area (TPSA) is 82.8 Å². The molecule has 0 aliphatic carbocycles. The molecule has 0 fully saturated rings. The second kappa shape index (κ2) is 7.33. The van der Waals surface area contributed by atoms with Gasteiger partial charge < -0.3 is 11.5 Å². The van der Waals surface area contributed by atoms with E-state index in [1.54, 1.807) is 0 Å². The van der Waals surface area contributed by atoms with Gasteiger partial charge in [0.1, 0.15) is 11.6 Å². The summed E-state index contributed by atoms with van der Waals surface area (Å²) in [5, 5.41) is 4.50. The highest BCUT2D eigenvalue weighted by molar-refractivity contribution is 5.63. The van der Waals surface area contributed by atoms with E-state index in [2.05, 4.69) is 52.7 Å². The molecule has 4 N–H and O–H groups in total. The van der Waals surface area contributed by atoms with Gasteiger partial charge in [-0.05, 0) is 40.8 Å². The zero-order valence-electron chi connectivity index (χ0n) is 14.9. The number of nitrogens with two attached hydrogens (primary N) is 2. The lowest BCUT2D eigenvalue weighted by Crippen LogP contribution is -1.99. The van der Waals surface area contributed by atoms with Gasteiger partial charge in [0.2, 0.25) is 0 Å². The van der Waals surface area contributed by atoms with Crippen LogP contribution in [0.4, 0.5) is 11.6 Å². The van der Waals surface area contributed by atoms with Crippen molar-refractivity contribution in [2.45, 2.75) is 13.0 Å². The van der Waals surface area contributed by atoms with Gasteiger partial charge >= 0.3 is 0 Å². The molecule has 0 radical (unpaired) electrons. The van der Waals surface area contributed by atoms with Crippen molar-refractivity contribution in [2.24, 2.45) is 0 Å². The zero-order valence-corrected chi connectivity index (χ0v) is 14.9.